The zero-order chi connectivity index (χ0) is 20.1. The lowest BCUT2D eigenvalue weighted by atomic mass is 10.2. The average Bonchev–Trinajstić information content (AvgIpc) is 3.17. The van der Waals surface area contributed by atoms with Gasteiger partial charge in [-0.1, -0.05) is 23.8 Å². The first-order chi connectivity index (χ1) is 13.4. The molecule has 0 atom stereocenters. The smallest absolute Gasteiger partial charge is 0.264 e. The van der Waals surface area contributed by atoms with Crippen molar-refractivity contribution in [2.45, 2.75) is 25.3 Å². The molecule has 0 aliphatic rings. The van der Waals surface area contributed by atoms with Crippen LogP contribution in [-0.4, -0.2) is 25.9 Å². The third kappa shape index (κ3) is 4.23. The molecule has 8 heteroatoms. The van der Waals surface area contributed by atoms with Gasteiger partial charge in [-0.2, -0.15) is 0 Å². The number of pyridine rings is 1. The fourth-order valence-corrected chi connectivity index (χ4v) is 5.10. The lowest BCUT2D eigenvalue weighted by Gasteiger charge is -2.23. The molecular formula is C20H21N3O3S2. The van der Waals surface area contributed by atoms with Gasteiger partial charge in [-0.05, 0) is 49.1 Å². The minimum absolute atomic E-state index is 0.202. The number of sulfonamides is 1. The van der Waals surface area contributed by atoms with Crippen molar-refractivity contribution < 1.29 is 13.2 Å². The number of hydrogen-bond acceptors (Lipinski definition) is 5. The van der Waals surface area contributed by atoms with Crippen molar-refractivity contribution >= 4 is 33.0 Å². The number of carbonyl (C=O) groups is 1. The zero-order valence-electron chi connectivity index (χ0n) is 15.6. The number of aromatic nitrogens is 1. The van der Waals surface area contributed by atoms with Crippen LogP contribution in [0, 0.1) is 6.92 Å². The number of thiophene rings is 1. The predicted molar refractivity (Wildman–Crippen MR) is 111 cm³/mol. The molecule has 2 heterocycles. The highest BCUT2D eigenvalue weighted by Gasteiger charge is 2.28. The minimum Gasteiger partial charge on any atom is -0.347 e. The lowest BCUT2D eigenvalue weighted by Crippen LogP contribution is -2.32. The van der Waals surface area contributed by atoms with Crippen LogP contribution in [-0.2, 0) is 16.6 Å². The number of nitrogens with zero attached hydrogens (tertiary/aromatic N) is 2. The molecule has 1 N–H and O–H groups in total. The van der Waals surface area contributed by atoms with Gasteiger partial charge in [-0.3, -0.25) is 14.1 Å². The molecule has 2 aromatic heterocycles. The summed E-state index contributed by atoms with van der Waals surface area (Å²) in [5.41, 5.74) is 2.23. The maximum Gasteiger partial charge on any atom is 0.264 e. The summed E-state index contributed by atoms with van der Waals surface area (Å²) >= 11 is 1.22. The Kier molecular flexibility index (Phi) is 6.11. The van der Waals surface area contributed by atoms with Gasteiger partial charge < -0.3 is 5.32 Å². The number of amides is 1. The molecule has 1 amide bonds. The minimum atomic E-state index is -3.76. The van der Waals surface area contributed by atoms with Crippen molar-refractivity contribution in [1.82, 2.24) is 10.3 Å². The van der Waals surface area contributed by atoms with Crippen molar-refractivity contribution in [2.75, 3.05) is 10.8 Å². The fourth-order valence-electron chi connectivity index (χ4n) is 2.74. The van der Waals surface area contributed by atoms with Gasteiger partial charge >= 0.3 is 0 Å². The van der Waals surface area contributed by atoms with Gasteiger partial charge in [0.25, 0.3) is 15.9 Å². The second-order valence-corrected chi connectivity index (χ2v) is 8.94. The third-order valence-electron chi connectivity index (χ3n) is 4.19. The molecule has 0 saturated carbocycles. The van der Waals surface area contributed by atoms with E-state index in [4.69, 9.17) is 0 Å². The number of carbonyl (C=O) groups excluding carboxylic acids is 1. The SMILES string of the molecule is CCN(c1ccsc1C(=O)NCc1cccnc1)S(=O)(=O)c1ccc(C)cc1. The topological polar surface area (TPSA) is 79.4 Å². The summed E-state index contributed by atoms with van der Waals surface area (Å²) in [5, 5.41) is 4.55. The molecule has 0 aliphatic heterocycles. The number of nitrogens with one attached hydrogen (secondary N) is 1. The predicted octanol–water partition coefficient (Wildman–Crippen LogP) is 3.60. The zero-order valence-corrected chi connectivity index (χ0v) is 17.3. The molecule has 0 radical (unpaired) electrons. The highest BCUT2D eigenvalue weighted by Crippen LogP contribution is 2.31. The van der Waals surface area contributed by atoms with Crippen molar-refractivity contribution in [1.29, 1.82) is 0 Å². The molecule has 146 valence electrons. The van der Waals surface area contributed by atoms with Gasteiger partial charge in [-0.15, -0.1) is 11.3 Å². The second kappa shape index (κ2) is 8.53. The summed E-state index contributed by atoms with van der Waals surface area (Å²) in [6, 6.07) is 12.0. The van der Waals surface area contributed by atoms with E-state index in [0.717, 1.165) is 11.1 Å². The van der Waals surface area contributed by atoms with E-state index in [1.807, 2.05) is 13.0 Å². The summed E-state index contributed by atoms with van der Waals surface area (Å²) in [4.78, 5) is 17.3. The molecule has 6 nitrogen and oxygen atoms in total. The average molecular weight is 416 g/mol. The van der Waals surface area contributed by atoms with E-state index >= 15 is 0 Å². The summed E-state index contributed by atoms with van der Waals surface area (Å²) in [5.74, 6) is -0.314. The molecule has 3 rings (SSSR count). The standard InChI is InChI=1S/C20H21N3O3S2/c1-3-23(28(25,26)17-8-6-15(2)7-9-17)18-10-12-27-19(18)20(24)22-14-16-5-4-11-21-13-16/h4-13H,3,14H2,1-2H3,(H,22,24). The van der Waals surface area contributed by atoms with E-state index in [1.54, 1.807) is 61.1 Å². The molecule has 28 heavy (non-hydrogen) atoms. The Balaban J connectivity index is 1.85. The van der Waals surface area contributed by atoms with Crippen molar-refractivity contribution in [3.63, 3.8) is 0 Å². The van der Waals surface area contributed by atoms with Crippen LogP contribution in [0.3, 0.4) is 0 Å². The normalized spacial score (nSPS) is 11.2. The summed E-state index contributed by atoms with van der Waals surface area (Å²) in [6.45, 7) is 4.19. The Morgan fingerprint density at radius 1 is 1.18 bits per heavy atom. The maximum atomic E-state index is 13.1. The quantitative estimate of drug-likeness (QED) is 0.639. The molecule has 0 spiro atoms. The van der Waals surface area contributed by atoms with Gasteiger partial charge in [-0.25, -0.2) is 8.42 Å². The fraction of sp³-hybridized carbons (Fsp3) is 0.200. The maximum absolute atomic E-state index is 13.1. The van der Waals surface area contributed by atoms with E-state index < -0.39 is 10.0 Å². The van der Waals surface area contributed by atoms with E-state index in [0.29, 0.717) is 17.1 Å². The van der Waals surface area contributed by atoms with Crippen molar-refractivity contribution in [2.24, 2.45) is 0 Å². The van der Waals surface area contributed by atoms with Crippen LogP contribution in [0.25, 0.3) is 0 Å². The Hall–Kier alpha value is -2.71. The van der Waals surface area contributed by atoms with E-state index in [-0.39, 0.29) is 17.3 Å². The first-order valence-corrected chi connectivity index (χ1v) is 11.1. The molecule has 3 aromatic rings. The monoisotopic (exact) mass is 415 g/mol. The summed E-state index contributed by atoms with van der Waals surface area (Å²) in [7, 11) is -3.76. The van der Waals surface area contributed by atoms with Gasteiger partial charge in [0.05, 0.1) is 10.6 Å². The van der Waals surface area contributed by atoms with Crippen molar-refractivity contribution in [3.05, 3.63) is 76.2 Å². The number of aryl methyl sites for hydroxylation is 1. The van der Waals surface area contributed by atoms with Crippen LogP contribution in [0.15, 0.2) is 65.1 Å². The van der Waals surface area contributed by atoms with Gasteiger partial charge in [0.2, 0.25) is 0 Å². The molecule has 0 saturated heterocycles. The van der Waals surface area contributed by atoms with Crippen LogP contribution in [0.4, 0.5) is 5.69 Å². The van der Waals surface area contributed by atoms with Crippen LogP contribution in [0.5, 0.6) is 0 Å². The number of anilines is 1. The molecule has 0 bridgehead atoms. The summed E-state index contributed by atoms with van der Waals surface area (Å²) < 4.78 is 27.5. The van der Waals surface area contributed by atoms with Crippen LogP contribution < -0.4 is 9.62 Å². The number of benzene rings is 1. The van der Waals surface area contributed by atoms with Gasteiger partial charge in [0, 0.05) is 25.5 Å². The third-order valence-corrected chi connectivity index (χ3v) is 7.00. The Bertz CT molecular complexity index is 1050. The van der Waals surface area contributed by atoms with E-state index in [1.165, 1.54) is 15.6 Å². The Morgan fingerprint density at radius 3 is 2.57 bits per heavy atom. The highest BCUT2D eigenvalue weighted by molar-refractivity contribution is 7.92. The van der Waals surface area contributed by atoms with Crippen molar-refractivity contribution in [3.8, 4) is 0 Å². The number of hydrogen-bond donors (Lipinski definition) is 1. The molecular weight excluding hydrogens is 394 g/mol. The van der Waals surface area contributed by atoms with Crippen LogP contribution in [0.2, 0.25) is 0 Å². The van der Waals surface area contributed by atoms with Gasteiger partial charge in [0.15, 0.2) is 0 Å². The molecule has 0 aliphatic carbocycles. The molecule has 0 fully saturated rings. The summed E-state index contributed by atoms with van der Waals surface area (Å²) in [6.07, 6.45) is 3.34. The second-order valence-electron chi connectivity index (χ2n) is 6.16. The molecule has 0 unspecified atom stereocenters. The van der Waals surface area contributed by atoms with Gasteiger partial charge in [0.1, 0.15) is 4.88 Å². The highest BCUT2D eigenvalue weighted by atomic mass is 32.2. The molecule has 1 aromatic carbocycles. The first-order valence-electron chi connectivity index (χ1n) is 8.77. The Labute approximate surface area is 168 Å². The Morgan fingerprint density at radius 2 is 1.93 bits per heavy atom. The lowest BCUT2D eigenvalue weighted by molar-refractivity contribution is 0.0955. The number of rotatable bonds is 7. The largest absolute Gasteiger partial charge is 0.347 e. The van der Waals surface area contributed by atoms with Crippen LogP contribution >= 0.6 is 11.3 Å². The van der Waals surface area contributed by atoms with Crippen LogP contribution in [0.1, 0.15) is 27.7 Å². The first kappa shape index (κ1) is 20.0. The van der Waals surface area contributed by atoms with E-state index in [2.05, 4.69) is 10.3 Å². The van der Waals surface area contributed by atoms with E-state index in [9.17, 15) is 13.2 Å².